The van der Waals surface area contributed by atoms with E-state index in [9.17, 15) is 33.6 Å². The van der Waals surface area contributed by atoms with Crippen LogP contribution in [0.1, 0.15) is 58.8 Å². The monoisotopic (exact) mass is 852 g/mol. The number of methoxy groups -OCH3 is 1. The highest BCUT2D eigenvalue weighted by Crippen LogP contribution is 2.40. The van der Waals surface area contributed by atoms with Gasteiger partial charge in [0.1, 0.15) is 18.1 Å². The predicted octanol–water partition coefficient (Wildman–Crippen LogP) is 3.85. The molecule has 2 saturated heterocycles. The molecule has 17 nitrogen and oxygen atoms in total. The fourth-order valence-corrected chi connectivity index (χ4v) is 7.79. The summed E-state index contributed by atoms with van der Waals surface area (Å²) in [6, 6.07) is 23.8. The lowest BCUT2D eigenvalue weighted by atomic mass is 9.97. The number of ether oxygens (including phenoxy) is 10. The molecule has 0 N–H and O–H groups in total. The maximum atomic E-state index is 13.8. The van der Waals surface area contributed by atoms with E-state index in [-0.39, 0.29) is 23.3 Å². The molecule has 10 atom stereocenters. The van der Waals surface area contributed by atoms with E-state index < -0.39 is 108 Å². The molecular weight excluding hydrogens is 809 g/mol. The summed E-state index contributed by atoms with van der Waals surface area (Å²) in [7, 11) is 1.25. The van der Waals surface area contributed by atoms with Crippen LogP contribution in [0.3, 0.4) is 0 Å². The highest BCUT2D eigenvalue weighted by Gasteiger charge is 2.55. The first-order valence-corrected chi connectivity index (χ1v) is 19.6. The van der Waals surface area contributed by atoms with E-state index in [0.29, 0.717) is 0 Å². The standard InChI is InChI=1S/C42H44O17S/c1-23(43)51-22-31-33(53-24(2)44)35(54-25(3)45)37(55-26(4)46)42(60-31)52-21-30-32(57-38(47)27-15-9-6-10-16-27)34(58-39(48)28-17-11-7-12-18-28)36(41(50-5)56-30)59-40(49)29-19-13-8-14-20-29/h6-20,30-37,41-42H,21-22H2,1-5H3/t30-,31-,32-,33-,34+,35+,36-,37-,41+,42-/m1/s1. The zero-order valence-corrected chi connectivity index (χ0v) is 34.0. The van der Waals surface area contributed by atoms with Gasteiger partial charge >= 0.3 is 41.8 Å². The summed E-state index contributed by atoms with van der Waals surface area (Å²) in [6.07, 6.45) is -11.8. The first-order valence-electron chi connectivity index (χ1n) is 18.6. The lowest BCUT2D eigenvalue weighted by molar-refractivity contribution is -0.295. The highest BCUT2D eigenvalue weighted by atomic mass is 32.2. The van der Waals surface area contributed by atoms with Crippen LogP contribution in [0.2, 0.25) is 0 Å². The van der Waals surface area contributed by atoms with Crippen LogP contribution in [0.15, 0.2) is 91.0 Å². The number of hydrogen-bond donors (Lipinski definition) is 0. The van der Waals surface area contributed by atoms with Gasteiger partial charge in [0.2, 0.25) is 0 Å². The maximum Gasteiger partial charge on any atom is 0.338 e. The first-order chi connectivity index (χ1) is 28.7. The SMILES string of the molecule is CO[C@H]1O[C@H](CO[C@@H]2S[C@H](COC(C)=O)[C@@H](OC(C)=O)[C@H](OC(C)=O)[C@H]2OC(C)=O)[C@@H](OC(=O)c2ccccc2)[C@H](OC(=O)c2ccccc2)[C@H]1OC(=O)c1ccccc1. The molecule has 3 aromatic rings. The van der Waals surface area contributed by atoms with Crippen LogP contribution in [0.5, 0.6) is 0 Å². The molecule has 2 aliphatic rings. The van der Waals surface area contributed by atoms with Crippen molar-refractivity contribution >= 4 is 53.5 Å². The largest absolute Gasteiger partial charge is 0.465 e. The third kappa shape index (κ3) is 12.1. The van der Waals surface area contributed by atoms with E-state index in [2.05, 4.69) is 0 Å². The van der Waals surface area contributed by atoms with Crippen molar-refractivity contribution in [1.29, 1.82) is 0 Å². The van der Waals surface area contributed by atoms with Gasteiger partial charge in [-0.25, -0.2) is 14.4 Å². The van der Waals surface area contributed by atoms with Gasteiger partial charge in [-0.3, -0.25) is 19.2 Å². The van der Waals surface area contributed by atoms with Gasteiger partial charge in [0, 0.05) is 34.8 Å². The Balaban J connectivity index is 1.55. The second kappa shape index (κ2) is 21.4. The Bertz CT molecular complexity index is 1960. The van der Waals surface area contributed by atoms with Crippen LogP contribution in [0.25, 0.3) is 0 Å². The fourth-order valence-electron chi connectivity index (χ4n) is 6.41. The molecule has 2 heterocycles. The van der Waals surface area contributed by atoms with Gasteiger partial charge in [0.05, 0.1) is 28.5 Å². The molecule has 0 radical (unpaired) electrons. The van der Waals surface area contributed by atoms with Crippen molar-refractivity contribution in [2.24, 2.45) is 0 Å². The highest BCUT2D eigenvalue weighted by molar-refractivity contribution is 8.00. The Kier molecular flexibility index (Phi) is 16.2. The molecule has 5 rings (SSSR count). The molecule has 18 heteroatoms. The van der Waals surface area contributed by atoms with E-state index in [1.807, 2.05) is 0 Å². The van der Waals surface area contributed by atoms with Crippen molar-refractivity contribution in [2.45, 2.75) is 87.4 Å². The van der Waals surface area contributed by atoms with Crippen LogP contribution < -0.4 is 0 Å². The number of carbonyl (C=O) groups is 7. The van der Waals surface area contributed by atoms with E-state index >= 15 is 0 Å². The zero-order valence-electron chi connectivity index (χ0n) is 33.2. The van der Waals surface area contributed by atoms with Crippen molar-refractivity contribution < 1.29 is 80.9 Å². The smallest absolute Gasteiger partial charge is 0.338 e. The van der Waals surface area contributed by atoms with Gasteiger partial charge in [-0.2, -0.15) is 0 Å². The summed E-state index contributed by atoms with van der Waals surface area (Å²) < 4.78 is 58.3. The lowest BCUT2D eigenvalue weighted by Crippen LogP contribution is -2.63. The summed E-state index contributed by atoms with van der Waals surface area (Å²) >= 11 is 0.932. The van der Waals surface area contributed by atoms with Crippen LogP contribution in [-0.4, -0.2) is 122 Å². The number of carbonyl (C=O) groups excluding carboxylic acids is 7. The molecule has 2 aliphatic heterocycles. The summed E-state index contributed by atoms with van der Waals surface area (Å²) in [6.45, 7) is 3.61. The Morgan fingerprint density at radius 1 is 0.500 bits per heavy atom. The molecule has 0 unspecified atom stereocenters. The average molecular weight is 853 g/mol. The normalized spacial score (nSPS) is 26.0. The van der Waals surface area contributed by atoms with Gasteiger partial charge in [-0.05, 0) is 36.4 Å². The molecule has 0 spiro atoms. The Morgan fingerprint density at radius 2 is 0.917 bits per heavy atom. The molecule has 0 bridgehead atoms. The van der Waals surface area contributed by atoms with Gasteiger partial charge in [-0.1, -0.05) is 54.6 Å². The molecule has 3 aromatic carbocycles. The molecule has 60 heavy (non-hydrogen) atoms. The third-order valence-electron chi connectivity index (χ3n) is 8.95. The van der Waals surface area contributed by atoms with Gasteiger partial charge in [0.25, 0.3) is 0 Å². The second-order valence-corrected chi connectivity index (χ2v) is 14.7. The molecule has 2 fully saturated rings. The van der Waals surface area contributed by atoms with E-state index in [4.69, 9.17) is 47.4 Å². The molecule has 0 saturated carbocycles. The van der Waals surface area contributed by atoms with Gasteiger partial charge in [0.15, 0.2) is 42.9 Å². The number of thioether (sulfide) groups is 1. The van der Waals surface area contributed by atoms with Crippen molar-refractivity contribution in [2.75, 3.05) is 20.3 Å². The summed E-state index contributed by atoms with van der Waals surface area (Å²) in [5.74, 6) is -5.65. The number of hydrogen-bond acceptors (Lipinski definition) is 18. The van der Waals surface area contributed by atoms with Crippen molar-refractivity contribution in [3.63, 3.8) is 0 Å². The zero-order chi connectivity index (χ0) is 43.3. The number of benzene rings is 3. The number of esters is 7. The Labute approximate surface area is 349 Å². The molecule has 0 aliphatic carbocycles. The predicted molar refractivity (Wildman–Crippen MR) is 207 cm³/mol. The quantitative estimate of drug-likeness (QED) is 0.157. The van der Waals surface area contributed by atoms with Crippen LogP contribution in [-0.2, 0) is 66.5 Å². The number of rotatable bonds is 15. The van der Waals surface area contributed by atoms with Gasteiger partial charge in [-0.15, -0.1) is 11.8 Å². The molecular formula is C42H44O17S. The second-order valence-electron chi connectivity index (χ2n) is 13.4. The van der Waals surface area contributed by atoms with Gasteiger partial charge < -0.3 is 47.4 Å². The minimum atomic E-state index is -1.60. The van der Waals surface area contributed by atoms with Crippen molar-refractivity contribution in [1.82, 2.24) is 0 Å². The molecule has 0 amide bonds. The lowest BCUT2D eigenvalue weighted by Gasteiger charge is -2.46. The summed E-state index contributed by atoms with van der Waals surface area (Å²) in [4.78, 5) is 90.2. The first kappa shape index (κ1) is 45.3. The summed E-state index contributed by atoms with van der Waals surface area (Å²) in [5.41, 5.74) is -0.886. The van der Waals surface area contributed by atoms with E-state index in [1.165, 1.54) is 50.4 Å². The van der Waals surface area contributed by atoms with E-state index in [0.717, 1.165) is 32.5 Å². The topological polar surface area (TPSA) is 212 Å². The minimum Gasteiger partial charge on any atom is -0.465 e. The van der Waals surface area contributed by atoms with Crippen LogP contribution >= 0.6 is 11.8 Å². The minimum absolute atomic E-state index is 0.115. The molecule has 320 valence electrons. The molecule has 0 aromatic heterocycles. The summed E-state index contributed by atoms with van der Waals surface area (Å²) in [5, 5.41) is -0.939. The average Bonchev–Trinajstić information content (AvgIpc) is 3.22. The van der Waals surface area contributed by atoms with Crippen LogP contribution in [0.4, 0.5) is 0 Å². The Hall–Kier alpha value is -5.82. The van der Waals surface area contributed by atoms with Crippen molar-refractivity contribution in [3.05, 3.63) is 108 Å². The van der Waals surface area contributed by atoms with Crippen molar-refractivity contribution in [3.8, 4) is 0 Å². The third-order valence-corrected chi connectivity index (χ3v) is 10.4. The maximum absolute atomic E-state index is 13.8. The fraction of sp³-hybridized carbons (Fsp3) is 0.405. The van der Waals surface area contributed by atoms with Crippen LogP contribution in [0, 0.1) is 0 Å². The van der Waals surface area contributed by atoms with E-state index in [1.54, 1.807) is 54.6 Å². The Morgan fingerprint density at radius 3 is 1.37 bits per heavy atom.